The average Bonchev–Trinajstić information content (AvgIpc) is 4.00. The fourth-order valence-electron chi connectivity index (χ4n) is 7.47. The van der Waals surface area contributed by atoms with Gasteiger partial charge in [-0.15, -0.1) is 0 Å². The molecule has 5 heterocycles. The number of H-pyrrole nitrogens is 3. The largest absolute Gasteiger partial charge is 0.357 e. The van der Waals surface area contributed by atoms with Crippen LogP contribution in [0.25, 0.3) is 16.7 Å². The van der Waals surface area contributed by atoms with Crippen LogP contribution in [0.1, 0.15) is 50.9 Å². The number of aromatic amines is 3. The van der Waals surface area contributed by atoms with Crippen LogP contribution in [0.3, 0.4) is 0 Å². The third-order valence-corrected chi connectivity index (χ3v) is 12.4. The molecular weight excluding hydrogens is 868 g/mol. The second-order valence-corrected chi connectivity index (χ2v) is 16.4. The van der Waals surface area contributed by atoms with Gasteiger partial charge in [-0.05, 0) is 97.1 Å². The number of allylic oxidation sites excluding steroid dienone is 2. The number of aromatic nitrogens is 3. The van der Waals surface area contributed by atoms with E-state index in [9.17, 15) is 0 Å². The minimum atomic E-state index is -0.484. The van der Waals surface area contributed by atoms with Crippen molar-refractivity contribution in [2.75, 3.05) is 0 Å². The molecule has 9 rings (SSSR count). The Kier molecular flexibility index (Phi) is 10.1. The molecule has 1 unspecified atom stereocenters. The van der Waals surface area contributed by atoms with Crippen molar-refractivity contribution in [1.82, 2.24) is 15.0 Å². The molecular formula is C44H24Cl8N4. The second kappa shape index (κ2) is 15.0. The highest BCUT2D eigenvalue weighted by Gasteiger charge is 2.29. The first-order valence-corrected chi connectivity index (χ1v) is 20.2. The summed E-state index contributed by atoms with van der Waals surface area (Å²) in [4.78, 5) is 16.3. The molecule has 2 aliphatic rings. The van der Waals surface area contributed by atoms with Crippen LogP contribution in [-0.2, 0) is 0 Å². The summed E-state index contributed by atoms with van der Waals surface area (Å²) in [5, 5.41) is 5.15. The lowest BCUT2D eigenvalue weighted by molar-refractivity contribution is 0.894. The van der Waals surface area contributed by atoms with Crippen LogP contribution in [-0.4, -0.2) is 20.7 Å². The minimum Gasteiger partial charge on any atom is -0.357 e. The molecule has 56 heavy (non-hydrogen) atoms. The van der Waals surface area contributed by atoms with Gasteiger partial charge in [0.15, 0.2) is 0 Å². The molecule has 0 aliphatic carbocycles. The van der Waals surface area contributed by atoms with Crippen molar-refractivity contribution in [2.45, 2.75) is 5.92 Å². The van der Waals surface area contributed by atoms with Crippen LogP contribution in [0.5, 0.6) is 0 Å². The van der Waals surface area contributed by atoms with Crippen molar-refractivity contribution < 1.29 is 0 Å². The van der Waals surface area contributed by atoms with Crippen molar-refractivity contribution in [2.24, 2.45) is 4.99 Å². The summed E-state index contributed by atoms with van der Waals surface area (Å²) >= 11 is 55.7. The van der Waals surface area contributed by atoms with Crippen LogP contribution in [0.2, 0.25) is 40.2 Å². The molecule has 0 fully saturated rings. The number of fused-ring (bicyclic) bond motifs is 7. The summed E-state index contributed by atoms with van der Waals surface area (Å²) in [5.74, 6) is -0.484. The summed E-state index contributed by atoms with van der Waals surface area (Å²) in [6, 6.07) is 33.6. The van der Waals surface area contributed by atoms with Crippen LogP contribution in [0, 0.1) is 0 Å². The first-order chi connectivity index (χ1) is 27.1. The summed E-state index contributed by atoms with van der Waals surface area (Å²) in [7, 11) is 0. The summed E-state index contributed by atoms with van der Waals surface area (Å²) in [6.45, 7) is 0. The Morgan fingerprint density at radius 2 is 0.804 bits per heavy atom. The molecule has 8 bridgehead atoms. The zero-order chi connectivity index (χ0) is 38.8. The van der Waals surface area contributed by atoms with Crippen molar-refractivity contribution in [1.29, 1.82) is 0 Å². The topological polar surface area (TPSA) is 59.7 Å². The van der Waals surface area contributed by atoms with Crippen molar-refractivity contribution >= 4 is 115 Å². The lowest BCUT2D eigenvalue weighted by atomic mass is 9.92. The molecule has 4 nitrogen and oxygen atoms in total. The summed E-state index contributed by atoms with van der Waals surface area (Å²) in [6.07, 6.45) is 3.86. The van der Waals surface area contributed by atoms with E-state index in [0.717, 1.165) is 22.7 Å². The standard InChI is InChI=1S/C44H24Cl8N4/c45-21-5-1-6-22(46)37(21)41-29-13-15-31(53-29)42(38-23(47)7-2-8-24(38)48)33-17-19-35(55-33)44(40-27(51)11-4-12-28(40)52)36-20-18-34(56-36)43(32-16-14-30(41)54-32)39-25(49)9-3-10-26(39)50/h1-20,41,53-55H. The summed E-state index contributed by atoms with van der Waals surface area (Å²) in [5.41, 5.74) is 8.87. The van der Waals surface area contributed by atoms with Gasteiger partial charge in [-0.2, -0.15) is 0 Å². The monoisotopic (exact) mass is 888 g/mol. The Morgan fingerprint density at radius 1 is 0.393 bits per heavy atom. The molecule has 12 heteroatoms. The van der Waals surface area contributed by atoms with E-state index in [1.54, 1.807) is 30.3 Å². The number of hydrogen-bond acceptors (Lipinski definition) is 1. The quantitative estimate of drug-likeness (QED) is 0.158. The van der Waals surface area contributed by atoms with Gasteiger partial charge in [-0.3, -0.25) is 0 Å². The van der Waals surface area contributed by atoms with E-state index in [4.69, 9.17) is 97.8 Å². The number of aliphatic imine (C=N–C) groups is 1. The molecule has 276 valence electrons. The number of benzene rings is 4. The van der Waals surface area contributed by atoms with E-state index in [1.165, 1.54) is 0 Å². The van der Waals surface area contributed by atoms with Gasteiger partial charge in [0, 0.05) is 82.5 Å². The van der Waals surface area contributed by atoms with Crippen LogP contribution >= 0.6 is 92.8 Å². The van der Waals surface area contributed by atoms with Gasteiger partial charge in [0.25, 0.3) is 0 Å². The maximum atomic E-state index is 6.98. The molecule has 2 aliphatic heterocycles. The fraction of sp³-hybridized carbons (Fsp3) is 0.0227. The molecule has 3 aromatic heterocycles. The third-order valence-electron chi connectivity index (χ3n) is 9.88. The predicted octanol–water partition coefficient (Wildman–Crippen LogP) is 13.3. The molecule has 0 amide bonds. The number of hydrogen-bond donors (Lipinski definition) is 3. The van der Waals surface area contributed by atoms with Crippen LogP contribution in [0.4, 0.5) is 0 Å². The average molecular weight is 892 g/mol. The van der Waals surface area contributed by atoms with E-state index in [-0.39, 0.29) is 0 Å². The van der Waals surface area contributed by atoms with Crippen LogP contribution in [0.15, 0.2) is 132 Å². The first kappa shape index (κ1) is 37.5. The zero-order valence-corrected chi connectivity index (χ0v) is 34.6. The molecule has 7 aromatic rings. The Labute approximate surface area is 361 Å². The second-order valence-electron chi connectivity index (χ2n) is 13.1. The molecule has 0 saturated carbocycles. The predicted molar refractivity (Wildman–Crippen MR) is 235 cm³/mol. The normalized spacial score (nSPS) is 15.2. The zero-order valence-electron chi connectivity index (χ0n) is 28.6. The Hall–Kier alpha value is -4.07. The molecule has 0 spiro atoms. The maximum Gasteiger partial charge on any atom is 0.0738 e. The Morgan fingerprint density at radius 3 is 1.30 bits per heavy atom. The lowest BCUT2D eigenvalue weighted by Crippen LogP contribution is -2.20. The fourth-order valence-corrected chi connectivity index (χ4v) is 9.85. The van der Waals surface area contributed by atoms with Gasteiger partial charge >= 0.3 is 0 Å². The van der Waals surface area contributed by atoms with Gasteiger partial charge in [0.1, 0.15) is 0 Å². The van der Waals surface area contributed by atoms with E-state index < -0.39 is 5.92 Å². The Bertz CT molecular complexity index is 2900. The molecule has 0 saturated heterocycles. The highest BCUT2D eigenvalue weighted by Crippen LogP contribution is 2.44. The third kappa shape index (κ3) is 6.47. The van der Waals surface area contributed by atoms with E-state index >= 15 is 0 Å². The maximum absolute atomic E-state index is 6.98. The van der Waals surface area contributed by atoms with Crippen molar-refractivity contribution in [3.8, 4) is 0 Å². The van der Waals surface area contributed by atoms with Gasteiger partial charge < -0.3 is 15.0 Å². The van der Waals surface area contributed by atoms with Crippen molar-refractivity contribution in [3.05, 3.63) is 223 Å². The molecule has 1 atom stereocenters. The van der Waals surface area contributed by atoms with Gasteiger partial charge in [0.05, 0.1) is 47.5 Å². The highest BCUT2D eigenvalue weighted by atomic mass is 35.5. The molecule has 4 aromatic carbocycles. The first-order valence-electron chi connectivity index (χ1n) is 17.2. The van der Waals surface area contributed by atoms with Gasteiger partial charge in [0.2, 0.25) is 0 Å². The van der Waals surface area contributed by atoms with E-state index in [1.807, 2.05) is 91.0 Å². The number of nitrogens with one attached hydrogen (secondary N) is 3. The Balaban J connectivity index is 1.46. The van der Waals surface area contributed by atoms with Gasteiger partial charge in [-0.25, -0.2) is 4.99 Å². The van der Waals surface area contributed by atoms with Crippen molar-refractivity contribution in [3.63, 3.8) is 0 Å². The number of rotatable bonds is 4. The van der Waals surface area contributed by atoms with Crippen LogP contribution < -0.4 is 10.7 Å². The molecule has 0 radical (unpaired) electrons. The lowest BCUT2D eigenvalue weighted by Gasteiger charge is -2.19. The smallest absolute Gasteiger partial charge is 0.0738 e. The van der Waals surface area contributed by atoms with Gasteiger partial charge in [-0.1, -0.05) is 117 Å². The minimum absolute atomic E-state index is 0.451. The summed E-state index contributed by atoms with van der Waals surface area (Å²) < 4.78 is 0. The molecule has 3 N–H and O–H groups in total. The van der Waals surface area contributed by atoms with E-state index in [0.29, 0.717) is 101 Å². The number of nitrogens with zero attached hydrogens (tertiary/aromatic N) is 1. The number of halogens is 8. The van der Waals surface area contributed by atoms with E-state index in [2.05, 4.69) is 15.0 Å². The highest BCUT2D eigenvalue weighted by molar-refractivity contribution is 6.43. The SMILES string of the molecule is Clc1cccc(Cl)c1C1=C2C=CC(=N2)C(c2c(Cl)cccc2Cl)=c2ccc([nH]2)=C(c2c(Cl)cccc2Cl)c2ccc([nH]2)C(c2c(Cl)cccc2Cl)c2ccc1[nH]2.